The molecule has 0 heterocycles. The molecule has 0 fully saturated rings. The Labute approximate surface area is 56.6 Å². The van der Waals surface area contributed by atoms with Crippen molar-refractivity contribution in [3.63, 3.8) is 0 Å². The number of ether oxygens (including phenoxy) is 1. The third-order valence-electron chi connectivity index (χ3n) is 0.936. The molecular formula is C5H8F2O3. The Hall–Kier alpha value is -0.870. The van der Waals surface area contributed by atoms with Gasteiger partial charge in [0.25, 0.3) is 6.43 Å². The molecular weight excluding hydrogens is 146 g/mol. The van der Waals surface area contributed by atoms with Gasteiger partial charge in [-0.3, -0.25) is 0 Å². The highest BCUT2D eigenvalue weighted by atomic mass is 19.3. The van der Waals surface area contributed by atoms with Crippen LogP contribution in [0.25, 0.3) is 0 Å². The second-order valence-corrected chi connectivity index (χ2v) is 1.66. The summed E-state index contributed by atoms with van der Waals surface area (Å²) in [6.07, 6.45) is -5.89. The highest BCUT2D eigenvalue weighted by Crippen LogP contribution is 2.08. The molecule has 0 aromatic rings. The Morgan fingerprint density at radius 1 is 1.70 bits per heavy atom. The van der Waals surface area contributed by atoms with E-state index in [2.05, 4.69) is 4.74 Å². The van der Waals surface area contributed by atoms with E-state index in [-0.39, 0.29) is 6.42 Å². The molecule has 0 aromatic carbocycles. The van der Waals surface area contributed by atoms with Crippen molar-refractivity contribution in [1.29, 1.82) is 0 Å². The van der Waals surface area contributed by atoms with Crippen LogP contribution in [0.2, 0.25) is 0 Å². The molecule has 0 radical (unpaired) electrons. The van der Waals surface area contributed by atoms with E-state index in [4.69, 9.17) is 5.11 Å². The zero-order valence-electron chi connectivity index (χ0n) is 5.38. The topological polar surface area (TPSA) is 46.5 Å². The van der Waals surface area contributed by atoms with Crippen molar-refractivity contribution in [2.45, 2.75) is 25.9 Å². The summed E-state index contributed by atoms with van der Waals surface area (Å²) >= 11 is 0. The van der Waals surface area contributed by atoms with E-state index >= 15 is 0 Å². The smallest absolute Gasteiger partial charge is 0.450 e. The molecule has 0 aromatic heterocycles. The van der Waals surface area contributed by atoms with Crippen molar-refractivity contribution in [2.24, 2.45) is 0 Å². The van der Waals surface area contributed by atoms with Gasteiger partial charge >= 0.3 is 6.16 Å². The SMILES string of the molecule is CCC(OC(=O)O)C(F)F. The Balaban J connectivity index is 3.71. The monoisotopic (exact) mass is 154 g/mol. The largest absolute Gasteiger partial charge is 0.506 e. The fourth-order valence-corrected chi connectivity index (χ4v) is 0.442. The summed E-state index contributed by atoms with van der Waals surface area (Å²) in [5.74, 6) is 0. The molecule has 3 nitrogen and oxygen atoms in total. The molecule has 0 amide bonds. The highest BCUT2D eigenvalue weighted by molar-refractivity contribution is 5.57. The first-order valence-electron chi connectivity index (χ1n) is 2.75. The third kappa shape index (κ3) is 3.21. The number of halogens is 2. The van der Waals surface area contributed by atoms with E-state index in [1.54, 1.807) is 0 Å². The van der Waals surface area contributed by atoms with E-state index in [0.29, 0.717) is 0 Å². The summed E-state index contributed by atoms with van der Waals surface area (Å²) < 4.78 is 27.2. The van der Waals surface area contributed by atoms with Gasteiger partial charge in [-0.2, -0.15) is 0 Å². The summed E-state index contributed by atoms with van der Waals surface area (Å²) in [5.41, 5.74) is 0. The van der Waals surface area contributed by atoms with Gasteiger partial charge in [0.15, 0.2) is 6.10 Å². The Bertz CT molecular complexity index is 115. The van der Waals surface area contributed by atoms with Gasteiger partial charge < -0.3 is 9.84 Å². The molecule has 0 rings (SSSR count). The zero-order valence-corrected chi connectivity index (χ0v) is 5.38. The minimum absolute atomic E-state index is 0.00995. The summed E-state index contributed by atoms with van der Waals surface area (Å²) in [5, 5.41) is 7.91. The fraction of sp³-hybridized carbons (Fsp3) is 0.800. The van der Waals surface area contributed by atoms with Gasteiger partial charge in [0.1, 0.15) is 0 Å². The second kappa shape index (κ2) is 4.03. The van der Waals surface area contributed by atoms with E-state index in [9.17, 15) is 13.6 Å². The summed E-state index contributed by atoms with van der Waals surface area (Å²) in [6.45, 7) is 1.43. The van der Waals surface area contributed by atoms with Crippen LogP contribution in [-0.2, 0) is 4.74 Å². The van der Waals surface area contributed by atoms with Crippen LogP contribution < -0.4 is 0 Å². The molecule has 60 valence electrons. The van der Waals surface area contributed by atoms with Crippen molar-refractivity contribution in [3.05, 3.63) is 0 Å². The lowest BCUT2D eigenvalue weighted by molar-refractivity contribution is -0.0370. The van der Waals surface area contributed by atoms with Crippen LogP contribution in [0.1, 0.15) is 13.3 Å². The normalized spacial score (nSPS) is 13.2. The first-order valence-corrected chi connectivity index (χ1v) is 2.75. The van der Waals surface area contributed by atoms with E-state index in [1.807, 2.05) is 0 Å². The second-order valence-electron chi connectivity index (χ2n) is 1.66. The molecule has 0 aliphatic carbocycles. The first-order chi connectivity index (χ1) is 4.57. The number of hydrogen-bond acceptors (Lipinski definition) is 2. The van der Waals surface area contributed by atoms with Crippen LogP contribution in [0.3, 0.4) is 0 Å². The number of alkyl halides is 2. The fourth-order valence-electron chi connectivity index (χ4n) is 0.442. The molecule has 0 aliphatic rings. The van der Waals surface area contributed by atoms with Crippen LogP contribution in [0, 0.1) is 0 Å². The third-order valence-corrected chi connectivity index (χ3v) is 0.936. The Kier molecular flexibility index (Phi) is 3.68. The zero-order chi connectivity index (χ0) is 8.15. The van der Waals surface area contributed by atoms with Gasteiger partial charge in [0.05, 0.1) is 0 Å². The highest BCUT2D eigenvalue weighted by Gasteiger charge is 2.21. The maximum atomic E-state index is 11.7. The van der Waals surface area contributed by atoms with E-state index in [1.165, 1.54) is 6.92 Å². The molecule has 0 aliphatic heterocycles. The van der Waals surface area contributed by atoms with Crippen LogP contribution in [0.4, 0.5) is 13.6 Å². The molecule has 1 unspecified atom stereocenters. The van der Waals surface area contributed by atoms with Crippen molar-refractivity contribution < 1.29 is 23.4 Å². The van der Waals surface area contributed by atoms with Gasteiger partial charge in [0, 0.05) is 0 Å². The van der Waals surface area contributed by atoms with Gasteiger partial charge in [0.2, 0.25) is 0 Å². The lowest BCUT2D eigenvalue weighted by atomic mass is 10.3. The van der Waals surface area contributed by atoms with E-state index < -0.39 is 18.7 Å². The van der Waals surface area contributed by atoms with Crippen molar-refractivity contribution in [2.75, 3.05) is 0 Å². The van der Waals surface area contributed by atoms with Crippen molar-refractivity contribution >= 4 is 6.16 Å². The van der Waals surface area contributed by atoms with Gasteiger partial charge in [-0.15, -0.1) is 0 Å². The van der Waals surface area contributed by atoms with E-state index in [0.717, 1.165) is 0 Å². The summed E-state index contributed by atoms with van der Waals surface area (Å²) in [7, 11) is 0. The van der Waals surface area contributed by atoms with Gasteiger partial charge in [-0.25, -0.2) is 13.6 Å². The molecule has 5 heteroatoms. The standard InChI is InChI=1S/C5H8F2O3/c1-2-3(4(6)7)10-5(8)9/h3-4H,2H2,1H3,(H,8,9). The summed E-state index contributed by atoms with van der Waals surface area (Å²) in [6, 6.07) is 0. The van der Waals surface area contributed by atoms with Crippen LogP contribution in [-0.4, -0.2) is 23.8 Å². The minimum Gasteiger partial charge on any atom is -0.450 e. The molecule has 1 atom stereocenters. The molecule has 1 N–H and O–H groups in total. The Morgan fingerprint density at radius 3 is 2.30 bits per heavy atom. The quantitative estimate of drug-likeness (QED) is 0.629. The predicted molar refractivity (Wildman–Crippen MR) is 29.2 cm³/mol. The summed E-state index contributed by atoms with van der Waals surface area (Å²) in [4.78, 5) is 9.72. The molecule has 10 heavy (non-hydrogen) atoms. The molecule has 0 spiro atoms. The number of carbonyl (C=O) groups is 1. The first kappa shape index (κ1) is 9.13. The number of hydrogen-bond donors (Lipinski definition) is 1. The number of carboxylic acid groups (broad SMARTS) is 1. The molecule has 0 saturated heterocycles. The lowest BCUT2D eigenvalue weighted by Gasteiger charge is -2.11. The van der Waals surface area contributed by atoms with Crippen LogP contribution in [0.15, 0.2) is 0 Å². The van der Waals surface area contributed by atoms with Crippen molar-refractivity contribution in [3.8, 4) is 0 Å². The molecule has 0 bridgehead atoms. The predicted octanol–water partition coefficient (Wildman–Crippen LogP) is 1.72. The average Bonchev–Trinajstić information content (AvgIpc) is 1.81. The average molecular weight is 154 g/mol. The minimum atomic E-state index is -2.74. The van der Waals surface area contributed by atoms with Crippen LogP contribution >= 0.6 is 0 Å². The van der Waals surface area contributed by atoms with Gasteiger partial charge in [-0.05, 0) is 6.42 Å². The molecule has 0 saturated carbocycles. The maximum Gasteiger partial charge on any atom is 0.506 e. The maximum absolute atomic E-state index is 11.7. The van der Waals surface area contributed by atoms with Gasteiger partial charge in [-0.1, -0.05) is 6.92 Å². The van der Waals surface area contributed by atoms with Crippen LogP contribution in [0.5, 0.6) is 0 Å². The Morgan fingerprint density at radius 2 is 2.20 bits per heavy atom. The lowest BCUT2D eigenvalue weighted by Crippen LogP contribution is -2.23. The van der Waals surface area contributed by atoms with Crippen molar-refractivity contribution in [1.82, 2.24) is 0 Å². The number of rotatable bonds is 3.